The van der Waals surface area contributed by atoms with E-state index in [2.05, 4.69) is 22.9 Å². The van der Waals surface area contributed by atoms with E-state index in [1.54, 1.807) is 13.3 Å². The molecule has 1 aromatic carbocycles. The van der Waals surface area contributed by atoms with Crippen molar-refractivity contribution >= 4 is 17.6 Å². The van der Waals surface area contributed by atoms with Crippen molar-refractivity contribution in [2.75, 3.05) is 32.2 Å². The zero-order valence-corrected chi connectivity index (χ0v) is 20.6. The molecule has 0 N–H and O–H groups in total. The SMILES string of the molecule is CC[C@H]1CN2CC[C@]3(C(=O)N(Cc4ccccn4)c4ccccc43)C2C[C@@H]1/C(=C\OC)C(=O)OC. The second-order valence-corrected chi connectivity index (χ2v) is 9.77. The van der Waals surface area contributed by atoms with Crippen LogP contribution >= 0.6 is 0 Å². The van der Waals surface area contributed by atoms with Crippen molar-refractivity contribution in [3.05, 3.63) is 71.8 Å². The van der Waals surface area contributed by atoms with Gasteiger partial charge in [0.05, 0.1) is 43.7 Å². The van der Waals surface area contributed by atoms with Crippen molar-refractivity contribution in [1.29, 1.82) is 0 Å². The number of hydrogen-bond donors (Lipinski definition) is 0. The van der Waals surface area contributed by atoms with Crippen molar-refractivity contribution in [1.82, 2.24) is 9.88 Å². The van der Waals surface area contributed by atoms with Crippen LogP contribution in [0, 0.1) is 11.8 Å². The van der Waals surface area contributed by atoms with E-state index in [1.165, 1.54) is 13.4 Å². The van der Waals surface area contributed by atoms with Crippen LogP contribution in [-0.4, -0.2) is 55.1 Å². The summed E-state index contributed by atoms with van der Waals surface area (Å²) in [6.45, 7) is 4.33. The second kappa shape index (κ2) is 9.46. The van der Waals surface area contributed by atoms with Gasteiger partial charge in [-0.15, -0.1) is 0 Å². The van der Waals surface area contributed by atoms with Crippen molar-refractivity contribution in [2.24, 2.45) is 11.8 Å². The number of aromatic nitrogens is 1. The second-order valence-electron chi connectivity index (χ2n) is 9.77. The summed E-state index contributed by atoms with van der Waals surface area (Å²) in [5, 5.41) is 0. The maximum Gasteiger partial charge on any atom is 0.337 e. The molecule has 0 aliphatic carbocycles. The van der Waals surface area contributed by atoms with E-state index in [-0.39, 0.29) is 23.8 Å². The molecule has 35 heavy (non-hydrogen) atoms. The van der Waals surface area contributed by atoms with Crippen LogP contribution in [0.25, 0.3) is 0 Å². The van der Waals surface area contributed by atoms with Crippen LogP contribution in [0.4, 0.5) is 5.69 Å². The van der Waals surface area contributed by atoms with Crippen LogP contribution in [0.2, 0.25) is 0 Å². The summed E-state index contributed by atoms with van der Waals surface area (Å²) >= 11 is 0. The number of carbonyl (C=O) groups is 2. The van der Waals surface area contributed by atoms with Gasteiger partial charge < -0.3 is 14.4 Å². The summed E-state index contributed by atoms with van der Waals surface area (Å²) in [7, 11) is 2.97. The van der Waals surface area contributed by atoms with Gasteiger partial charge in [-0.2, -0.15) is 0 Å². The number of piperidine rings is 1. The van der Waals surface area contributed by atoms with Crippen molar-refractivity contribution in [3.8, 4) is 0 Å². The molecule has 0 saturated carbocycles. The Labute approximate surface area is 206 Å². The summed E-state index contributed by atoms with van der Waals surface area (Å²) in [5.41, 5.74) is 2.87. The number of amides is 1. The van der Waals surface area contributed by atoms with Gasteiger partial charge in [-0.05, 0) is 55.0 Å². The summed E-state index contributed by atoms with van der Waals surface area (Å²) in [6, 6.07) is 14.0. The van der Waals surface area contributed by atoms with Crippen LogP contribution in [-0.2, 0) is 31.0 Å². The number of para-hydroxylation sites is 1. The summed E-state index contributed by atoms with van der Waals surface area (Å²) in [6.07, 6.45) is 5.72. The van der Waals surface area contributed by atoms with E-state index in [0.29, 0.717) is 24.5 Å². The minimum absolute atomic E-state index is 0.00240. The van der Waals surface area contributed by atoms with Crippen molar-refractivity contribution < 1.29 is 19.1 Å². The first-order valence-corrected chi connectivity index (χ1v) is 12.4. The van der Waals surface area contributed by atoms with Gasteiger partial charge in [0.1, 0.15) is 0 Å². The number of ether oxygens (including phenoxy) is 2. The molecule has 3 aliphatic heterocycles. The van der Waals surface area contributed by atoms with Crippen LogP contribution in [0.1, 0.15) is 37.4 Å². The van der Waals surface area contributed by atoms with Crippen molar-refractivity contribution in [2.45, 2.75) is 44.2 Å². The molecule has 7 heteroatoms. The fraction of sp³-hybridized carbons (Fsp3) is 0.464. The standard InChI is InChI=1S/C28H33N3O4/c1-4-19-16-30-14-12-28(25(30)15-21(19)22(18-34-2)26(32)35-3)23-10-5-6-11-24(23)31(27(28)33)17-20-9-7-8-13-29-20/h5-11,13,18-19,21,25H,4,12,14-17H2,1-3H3/b22-18+/t19-,21-,25?,28+/m0/s1. The lowest BCUT2D eigenvalue weighted by molar-refractivity contribution is -0.137. The Hall–Kier alpha value is -3.19. The van der Waals surface area contributed by atoms with Crippen molar-refractivity contribution in [3.63, 3.8) is 0 Å². The number of benzene rings is 1. The molecule has 0 bridgehead atoms. The third-order valence-corrected chi connectivity index (χ3v) is 8.26. The predicted molar refractivity (Wildman–Crippen MR) is 133 cm³/mol. The van der Waals surface area contributed by atoms with E-state index in [9.17, 15) is 9.59 Å². The van der Waals surface area contributed by atoms with Gasteiger partial charge in [0.2, 0.25) is 5.91 Å². The molecule has 4 heterocycles. The number of hydrogen-bond acceptors (Lipinski definition) is 6. The molecule has 2 fully saturated rings. The lowest BCUT2D eigenvalue weighted by atomic mass is 9.67. The molecule has 7 nitrogen and oxygen atoms in total. The zero-order chi connectivity index (χ0) is 24.6. The largest absolute Gasteiger partial charge is 0.504 e. The highest BCUT2D eigenvalue weighted by molar-refractivity contribution is 6.09. The summed E-state index contributed by atoms with van der Waals surface area (Å²) < 4.78 is 10.4. The minimum Gasteiger partial charge on any atom is -0.504 e. The van der Waals surface area contributed by atoms with E-state index in [4.69, 9.17) is 9.47 Å². The Bertz CT molecular complexity index is 1130. The summed E-state index contributed by atoms with van der Waals surface area (Å²) in [4.78, 5) is 35.9. The highest BCUT2D eigenvalue weighted by Crippen LogP contribution is 2.55. The molecule has 1 aromatic heterocycles. The molecule has 1 amide bonds. The Kier molecular flexibility index (Phi) is 6.36. The molecule has 5 rings (SSSR count). The highest BCUT2D eigenvalue weighted by Gasteiger charge is 2.62. The van der Waals surface area contributed by atoms with Gasteiger partial charge in [0, 0.05) is 24.5 Å². The third kappa shape index (κ3) is 3.73. The molecule has 2 saturated heterocycles. The first kappa shape index (κ1) is 23.5. The fourth-order valence-corrected chi connectivity index (χ4v) is 6.64. The monoisotopic (exact) mass is 475 g/mol. The molecule has 1 spiro atoms. The third-order valence-electron chi connectivity index (χ3n) is 8.26. The number of anilines is 1. The summed E-state index contributed by atoms with van der Waals surface area (Å²) in [5.74, 6) is 0.0401. The van der Waals surface area contributed by atoms with Gasteiger partial charge in [-0.25, -0.2) is 4.79 Å². The average molecular weight is 476 g/mol. The smallest absolute Gasteiger partial charge is 0.337 e. The number of fused-ring (bicyclic) bond motifs is 4. The fourth-order valence-electron chi connectivity index (χ4n) is 6.64. The maximum absolute atomic E-state index is 14.3. The van der Waals surface area contributed by atoms with E-state index < -0.39 is 5.41 Å². The maximum atomic E-state index is 14.3. The van der Waals surface area contributed by atoms with E-state index in [0.717, 1.165) is 42.9 Å². The van der Waals surface area contributed by atoms with Crippen LogP contribution in [0.5, 0.6) is 0 Å². The van der Waals surface area contributed by atoms with Gasteiger partial charge in [-0.3, -0.25) is 14.7 Å². The minimum atomic E-state index is -0.628. The average Bonchev–Trinajstić information content (AvgIpc) is 3.38. The topological polar surface area (TPSA) is 72.0 Å². The molecule has 3 aliphatic rings. The molecule has 4 atom stereocenters. The van der Waals surface area contributed by atoms with E-state index in [1.807, 2.05) is 41.3 Å². The first-order chi connectivity index (χ1) is 17.0. The Morgan fingerprint density at radius 1 is 1.20 bits per heavy atom. The number of carbonyl (C=O) groups excluding carboxylic acids is 2. The first-order valence-electron chi connectivity index (χ1n) is 12.4. The molecule has 0 radical (unpaired) electrons. The van der Waals surface area contributed by atoms with Crippen LogP contribution in [0.3, 0.4) is 0 Å². The lowest BCUT2D eigenvalue weighted by Gasteiger charge is -2.45. The Morgan fingerprint density at radius 2 is 2.00 bits per heavy atom. The van der Waals surface area contributed by atoms with Gasteiger partial charge in [0.25, 0.3) is 0 Å². The Morgan fingerprint density at radius 3 is 2.71 bits per heavy atom. The zero-order valence-electron chi connectivity index (χ0n) is 20.6. The number of nitrogens with zero attached hydrogens (tertiary/aromatic N) is 3. The van der Waals surface area contributed by atoms with E-state index >= 15 is 0 Å². The van der Waals surface area contributed by atoms with Gasteiger partial charge in [0.15, 0.2) is 0 Å². The molecule has 1 unspecified atom stereocenters. The normalized spacial score (nSPS) is 28.2. The number of esters is 1. The quantitative estimate of drug-likeness (QED) is 0.361. The predicted octanol–water partition coefficient (Wildman–Crippen LogP) is 3.69. The number of rotatable bonds is 6. The number of pyridine rings is 1. The molecule has 2 aromatic rings. The number of methoxy groups -OCH3 is 2. The van der Waals surface area contributed by atoms with Crippen LogP contribution in [0.15, 0.2) is 60.5 Å². The van der Waals surface area contributed by atoms with Crippen LogP contribution < -0.4 is 4.90 Å². The van der Waals surface area contributed by atoms with Gasteiger partial charge >= 0.3 is 5.97 Å². The highest BCUT2D eigenvalue weighted by atomic mass is 16.5. The van der Waals surface area contributed by atoms with Gasteiger partial charge in [-0.1, -0.05) is 37.6 Å². The molecule has 184 valence electrons. The molecular formula is C28H33N3O4. The Balaban J connectivity index is 1.55. The molecular weight excluding hydrogens is 442 g/mol. The lowest BCUT2D eigenvalue weighted by Crippen LogP contribution is -2.54.